The Morgan fingerprint density at radius 3 is 1.31 bits per heavy atom. The van der Waals surface area contributed by atoms with Crippen LogP contribution in [0.1, 0.15) is 75.3 Å². The molecule has 0 aromatic heterocycles. The van der Waals surface area contributed by atoms with Gasteiger partial charge < -0.3 is 9.80 Å². The lowest BCUT2D eigenvalue weighted by molar-refractivity contribution is 0.425. The van der Waals surface area contributed by atoms with E-state index in [4.69, 9.17) is 0 Å². The quantitative estimate of drug-likeness (QED) is 0.406. The van der Waals surface area contributed by atoms with Gasteiger partial charge in [0, 0.05) is 12.1 Å². The molecular weight excluding hydrogens is 388 g/mol. The van der Waals surface area contributed by atoms with Gasteiger partial charge in [0.05, 0.1) is 22.7 Å². The minimum absolute atomic E-state index is 0.609. The molecule has 0 amide bonds. The fourth-order valence-corrected chi connectivity index (χ4v) is 6.50. The summed E-state index contributed by atoms with van der Waals surface area (Å²) in [6.45, 7) is 4.57. The summed E-state index contributed by atoms with van der Waals surface area (Å²) in [5.41, 5.74) is 8.62. The molecule has 1 aliphatic heterocycles. The second kappa shape index (κ2) is 8.14. The van der Waals surface area contributed by atoms with Crippen LogP contribution < -0.4 is 9.80 Å². The summed E-state index contributed by atoms with van der Waals surface area (Å²) in [6.07, 6.45) is 13.4. The van der Waals surface area contributed by atoms with E-state index < -0.39 is 0 Å². The Kier molecular flexibility index (Phi) is 5.12. The van der Waals surface area contributed by atoms with Crippen LogP contribution >= 0.6 is 0 Å². The summed E-state index contributed by atoms with van der Waals surface area (Å²) in [4.78, 5) is 5.50. The van der Waals surface area contributed by atoms with Crippen molar-refractivity contribution < 1.29 is 0 Å². The molecule has 3 aromatic rings. The predicted octanol–water partition coefficient (Wildman–Crippen LogP) is 8.71. The first-order valence-electron chi connectivity index (χ1n) is 12.9. The number of hydrogen-bond donors (Lipinski definition) is 0. The lowest BCUT2D eigenvalue weighted by Crippen LogP contribution is -2.42. The highest BCUT2D eigenvalue weighted by molar-refractivity contribution is 6.01. The van der Waals surface area contributed by atoms with Crippen molar-refractivity contribution in [3.63, 3.8) is 0 Å². The molecule has 32 heavy (non-hydrogen) atoms. The van der Waals surface area contributed by atoms with E-state index in [-0.39, 0.29) is 0 Å². The van der Waals surface area contributed by atoms with E-state index in [0.29, 0.717) is 12.1 Å². The molecule has 0 saturated heterocycles. The second-order valence-electron chi connectivity index (χ2n) is 10.4. The van der Waals surface area contributed by atoms with Crippen molar-refractivity contribution in [1.29, 1.82) is 0 Å². The van der Waals surface area contributed by atoms with Gasteiger partial charge in [-0.05, 0) is 85.7 Å². The van der Waals surface area contributed by atoms with Crippen molar-refractivity contribution in [2.75, 3.05) is 9.80 Å². The first-order valence-corrected chi connectivity index (χ1v) is 12.9. The van der Waals surface area contributed by atoms with E-state index in [1.165, 1.54) is 109 Å². The average Bonchev–Trinajstić information content (AvgIpc) is 2.83. The van der Waals surface area contributed by atoms with Gasteiger partial charge >= 0.3 is 0 Å². The number of aryl methyl sites for hydroxylation is 2. The van der Waals surface area contributed by atoms with Crippen LogP contribution in [0, 0.1) is 13.8 Å². The molecule has 0 spiro atoms. The molecule has 0 unspecified atom stereocenters. The van der Waals surface area contributed by atoms with Crippen LogP contribution in [0.25, 0.3) is 10.8 Å². The van der Waals surface area contributed by atoms with Crippen LogP contribution in [-0.4, -0.2) is 12.1 Å². The third-order valence-electron chi connectivity index (χ3n) is 8.35. The normalized spacial score (nSPS) is 19.8. The van der Waals surface area contributed by atoms with E-state index in [9.17, 15) is 0 Å². The molecular formula is C30H36N2. The standard InChI is InChI=1S/C30H36N2/c1-21-17-27-28(18-22(21)2)32(26-15-7-4-8-16-26)30-20-24-12-10-9-11-23(24)19-29(30)31(27)25-13-5-3-6-14-25/h9-12,17-20,25-26H,3-8,13-16H2,1-2H3. The highest BCUT2D eigenvalue weighted by Gasteiger charge is 2.37. The maximum Gasteiger partial charge on any atom is 0.0661 e. The number of anilines is 4. The molecule has 2 nitrogen and oxygen atoms in total. The van der Waals surface area contributed by atoms with Crippen LogP contribution in [-0.2, 0) is 0 Å². The molecule has 3 aliphatic rings. The van der Waals surface area contributed by atoms with Crippen molar-refractivity contribution in [2.45, 2.75) is 90.1 Å². The van der Waals surface area contributed by atoms with Gasteiger partial charge in [0.25, 0.3) is 0 Å². The zero-order valence-corrected chi connectivity index (χ0v) is 19.7. The molecule has 166 valence electrons. The maximum absolute atomic E-state index is 2.75. The minimum Gasteiger partial charge on any atom is -0.335 e. The maximum atomic E-state index is 2.75. The van der Waals surface area contributed by atoms with Crippen LogP contribution in [0.15, 0.2) is 48.5 Å². The van der Waals surface area contributed by atoms with Crippen molar-refractivity contribution in [2.24, 2.45) is 0 Å². The van der Waals surface area contributed by atoms with Gasteiger partial charge in [0.2, 0.25) is 0 Å². The molecule has 0 bridgehead atoms. The third-order valence-corrected chi connectivity index (χ3v) is 8.35. The van der Waals surface area contributed by atoms with Gasteiger partial charge in [-0.3, -0.25) is 0 Å². The number of fused-ring (bicyclic) bond motifs is 3. The number of rotatable bonds is 2. The fourth-order valence-electron chi connectivity index (χ4n) is 6.50. The first-order chi connectivity index (χ1) is 15.7. The summed E-state index contributed by atoms with van der Waals surface area (Å²) >= 11 is 0. The number of nitrogens with zero attached hydrogens (tertiary/aromatic N) is 2. The Hall–Kier alpha value is -2.48. The van der Waals surface area contributed by atoms with Gasteiger partial charge in [-0.2, -0.15) is 0 Å². The fraction of sp³-hybridized carbons (Fsp3) is 0.467. The van der Waals surface area contributed by atoms with E-state index >= 15 is 0 Å². The number of hydrogen-bond acceptors (Lipinski definition) is 2. The highest BCUT2D eigenvalue weighted by Crippen LogP contribution is 2.54. The van der Waals surface area contributed by atoms with Gasteiger partial charge in [-0.25, -0.2) is 0 Å². The Balaban J connectivity index is 1.61. The molecule has 0 radical (unpaired) electrons. The van der Waals surface area contributed by atoms with Gasteiger partial charge in [-0.15, -0.1) is 0 Å². The Bertz CT molecular complexity index is 1050. The monoisotopic (exact) mass is 424 g/mol. The Morgan fingerprint density at radius 1 is 0.531 bits per heavy atom. The minimum atomic E-state index is 0.609. The largest absolute Gasteiger partial charge is 0.335 e. The molecule has 0 atom stereocenters. The van der Waals surface area contributed by atoms with Crippen LogP contribution in [0.3, 0.4) is 0 Å². The zero-order valence-electron chi connectivity index (χ0n) is 19.7. The van der Waals surface area contributed by atoms with Crippen LogP contribution in [0.4, 0.5) is 22.7 Å². The first kappa shape index (κ1) is 20.1. The van der Waals surface area contributed by atoms with E-state index in [2.05, 4.69) is 72.2 Å². The van der Waals surface area contributed by atoms with Gasteiger partial charge in [0.15, 0.2) is 0 Å². The third kappa shape index (κ3) is 3.31. The molecule has 0 N–H and O–H groups in total. The molecule has 2 aliphatic carbocycles. The molecule has 2 heteroatoms. The van der Waals surface area contributed by atoms with Gasteiger partial charge in [-0.1, -0.05) is 62.8 Å². The van der Waals surface area contributed by atoms with E-state index in [0.717, 1.165) is 0 Å². The average molecular weight is 425 g/mol. The lowest BCUT2D eigenvalue weighted by atomic mass is 9.88. The summed E-state index contributed by atoms with van der Waals surface area (Å²) in [6, 6.07) is 20.1. The molecule has 2 saturated carbocycles. The van der Waals surface area contributed by atoms with Crippen molar-refractivity contribution in [1.82, 2.24) is 0 Å². The van der Waals surface area contributed by atoms with Gasteiger partial charge in [0.1, 0.15) is 0 Å². The topological polar surface area (TPSA) is 6.48 Å². The zero-order chi connectivity index (χ0) is 21.7. The Labute approximate surface area is 193 Å². The summed E-state index contributed by atoms with van der Waals surface area (Å²) < 4.78 is 0. The lowest BCUT2D eigenvalue weighted by Gasteiger charge is -2.48. The molecule has 2 fully saturated rings. The predicted molar refractivity (Wildman–Crippen MR) is 138 cm³/mol. The van der Waals surface area contributed by atoms with E-state index in [1.807, 2.05) is 0 Å². The molecule has 6 rings (SSSR count). The summed E-state index contributed by atoms with van der Waals surface area (Å²) in [5.74, 6) is 0. The second-order valence-corrected chi connectivity index (χ2v) is 10.4. The van der Waals surface area contributed by atoms with E-state index in [1.54, 1.807) is 0 Å². The molecule has 3 aromatic carbocycles. The smallest absolute Gasteiger partial charge is 0.0661 e. The highest BCUT2D eigenvalue weighted by atomic mass is 15.3. The SMILES string of the molecule is Cc1cc2c(cc1C)N(C1CCCCC1)c1cc3ccccc3cc1N2C1CCCCC1. The van der Waals surface area contributed by atoms with Crippen LogP contribution in [0.5, 0.6) is 0 Å². The summed E-state index contributed by atoms with van der Waals surface area (Å²) in [5, 5.41) is 2.73. The number of benzene rings is 3. The Morgan fingerprint density at radius 2 is 0.906 bits per heavy atom. The van der Waals surface area contributed by atoms with Crippen LogP contribution in [0.2, 0.25) is 0 Å². The van der Waals surface area contributed by atoms with Crippen molar-refractivity contribution >= 4 is 33.5 Å². The van der Waals surface area contributed by atoms with Crippen molar-refractivity contribution in [3.05, 3.63) is 59.7 Å². The molecule has 1 heterocycles. The van der Waals surface area contributed by atoms with Crippen molar-refractivity contribution in [3.8, 4) is 0 Å². The summed E-state index contributed by atoms with van der Waals surface area (Å²) in [7, 11) is 0.